The number of benzene rings is 1. The van der Waals surface area contributed by atoms with Gasteiger partial charge in [-0.1, -0.05) is 6.07 Å². The van der Waals surface area contributed by atoms with Gasteiger partial charge < -0.3 is 15.9 Å². The Labute approximate surface area is 82.0 Å². The maximum Gasteiger partial charge on any atom is 0.187 e. The van der Waals surface area contributed by atoms with E-state index in [2.05, 4.69) is 5.73 Å². The van der Waals surface area contributed by atoms with Gasteiger partial charge in [0, 0.05) is 13.3 Å². The van der Waals surface area contributed by atoms with Crippen LogP contribution in [0.4, 0.5) is 0 Å². The van der Waals surface area contributed by atoms with E-state index in [0.29, 0.717) is 6.42 Å². The molecular weight excluding hydrogens is 182 g/mol. The molecule has 0 amide bonds. The minimum atomic E-state index is -0.307. The van der Waals surface area contributed by atoms with Crippen molar-refractivity contribution in [3.8, 4) is 11.5 Å². The van der Waals surface area contributed by atoms with Crippen LogP contribution in [0.25, 0.3) is 0 Å². The van der Waals surface area contributed by atoms with Gasteiger partial charge in [-0.05, 0) is 17.7 Å². The van der Waals surface area contributed by atoms with Gasteiger partial charge >= 0.3 is 0 Å². The summed E-state index contributed by atoms with van der Waals surface area (Å²) in [7, 11) is 0. The van der Waals surface area contributed by atoms with Crippen molar-refractivity contribution < 1.29 is 20.7 Å². The average Bonchev–Trinajstić information content (AvgIpc) is 2.11. The van der Waals surface area contributed by atoms with Crippen LogP contribution in [0.15, 0.2) is 18.2 Å². The van der Waals surface area contributed by atoms with Crippen molar-refractivity contribution in [1.82, 2.24) is 0 Å². The molecule has 0 aliphatic rings. The number of Topliss-reactive ketones (excluding diaryl/α,β-unsaturated/α-hetero) is 1. The van der Waals surface area contributed by atoms with E-state index >= 15 is 0 Å². The fraction of sp³-hybridized carbons (Fsp3) is 0.300. The first-order chi connectivity index (χ1) is 6.50. The molecular formula is C10H14NO3+. The van der Waals surface area contributed by atoms with Crippen LogP contribution in [-0.4, -0.2) is 22.0 Å². The van der Waals surface area contributed by atoms with E-state index in [0.717, 1.165) is 5.56 Å². The van der Waals surface area contributed by atoms with E-state index in [1.807, 2.05) is 0 Å². The summed E-state index contributed by atoms with van der Waals surface area (Å²) in [6.07, 6.45) is 0.475. The summed E-state index contributed by atoms with van der Waals surface area (Å²) < 4.78 is 0. The predicted molar refractivity (Wildman–Crippen MR) is 50.8 cm³/mol. The molecule has 0 radical (unpaired) electrons. The molecule has 1 rings (SSSR count). The zero-order chi connectivity index (χ0) is 10.7. The van der Waals surface area contributed by atoms with Gasteiger partial charge in [0.25, 0.3) is 0 Å². The second kappa shape index (κ2) is 4.11. The summed E-state index contributed by atoms with van der Waals surface area (Å²) in [5.74, 6) is -0.312. The van der Waals surface area contributed by atoms with Crippen LogP contribution in [0.1, 0.15) is 12.5 Å². The van der Waals surface area contributed by atoms with Crippen LogP contribution >= 0.6 is 0 Å². The van der Waals surface area contributed by atoms with Crippen LogP contribution in [-0.2, 0) is 11.2 Å². The van der Waals surface area contributed by atoms with E-state index < -0.39 is 0 Å². The monoisotopic (exact) mass is 196 g/mol. The highest BCUT2D eigenvalue weighted by Gasteiger charge is 2.13. The van der Waals surface area contributed by atoms with Crippen LogP contribution in [0.3, 0.4) is 0 Å². The lowest BCUT2D eigenvalue weighted by Crippen LogP contribution is -2.65. The van der Waals surface area contributed by atoms with Crippen molar-refractivity contribution in [2.75, 3.05) is 0 Å². The first-order valence-electron chi connectivity index (χ1n) is 4.35. The Hall–Kier alpha value is -1.55. The molecule has 0 heterocycles. The summed E-state index contributed by atoms with van der Waals surface area (Å²) in [6.45, 7) is 1.48. The maximum atomic E-state index is 10.9. The first kappa shape index (κ1) is 10.5. The number of phenolic OH excluding ortho intramolecular Hbond substituents is 2. The summed E-state index contributed by atoms with van der Waals surface area (Å²) in [4.78, 5) is 10.9. The minimum absolute atomic E-state index is 0.0116. The van der Waals surface area contributed by atoms with Crippen LogP contribution < -0.4 is 5.73 Å². The van der Waals surface area contributed by atoms with Crippen molar-refractivity contribution in [1.29, 1.82) is 0 Å². The summed E-state index contributed by atoms with van der Waals surface area (Å²) in [5, 5.41) is 18.3. The highest BCUT2D eigenvalue weighted by atomic mass is 16.3. The zero-order valence-corrected chi connectivity index (χ0v) is 8.03. The fourth-order valence-corrected chi connectivity index (χ4v) is 1.12. The maximum absolute atomic E-state index is 10.9. The summed E-state index contributed by atoms with van der Waals surface area (Å²) in [6, 6.07) is 4.20. The van der Waals surface area contributed by atoms with Gasteiger partial charge in [-0.2, -0.15) is 0 Å². The van der Waals surface area contributed by atoms with Crippen LogP contribution in [0.5, 0.6) is 11.5 Å². The standard InChI is InChI=1S/C10H13NO3/c1-6(12)8(11)4-7-2-3-9(13)10(14)5-7/h2-3,5,8,13-14H,4,11H2,1H3/p+1/t8-/m0/s1. The Kier molecular flexibility index (Phi) is 3.09. The van der Waals surface area contributed by atoms with Crippen molar-refractivity contribution >= 4 is 5.78 Å². The molecule has 1 atom stereocenters. The topological polar surface area (TPSA) is 85.2 Å². The number of quaternary nitrogens is 1. The van der Waals surface area contributed by atoms with E-state index in [4.69, 9.17) is 5.11 Å². The third-order valence-corrected chi connectivity index (χ3v) is 2.10. The highest BCUT2D eigenvalue weighted by Crippen LogP contribution is 2.25. The Morgan fingerprint density at radius 3 is 2.57 bits per heavy atom. The Bertz CT molecular complexity index is 349. The Morgan fingerprint density at radius 1 is 1.43 bits per heavy atom. The average molecular weight is 196 g/mol. The lowest BCUT2D eigenvalue weighted by Gasteiger charge is -2.05. The van der Waals surface area contributed by atoms with Gasteiger partial charge in [-0.25, -0.2) is 0 Å². The number of hydrogen-bond donors (Lipinski definition) is 3. The molecule has 14 heavy (non-hydrogen) atoms. The second-order valence-electron chi connectivity index (χ2n) is 3.33. The van der Waals surface area contributed by atoms with E-state index in [9.17, 15) is 9.90 Å². The third-order valence-electron chi connectivity index (χ3n) is 2.10. The zero-order valence-electron chi connectivity index (χ0n) is 8.03. The quantitative estimate of drug-likeness (QED) is 0.587. The summed E-state index contributed by atoms with van der Waals surface area (Å²) in [5.41, 5.74) is 4.48. The summed E-state index contributed by atoms with van der Waals surface area (Å²) >= 11 is 0. The molecule has 0 bridgehead atoms. The molecule has 0 unspecified atom stereocenters. The van der Waals surface area contributed by atoms with Gasteiger partial charge in [0.2, 0.25) is 0 Å². The molecule has 0 aromatic heterocycles. The minimum Gasteiger partial charge on any atom is -0.504 e. The Balaban J connectivity index is 2.78. The molecule has 0 saturated carbocycles. The number of hydrogen-bond acceptors (Lipinski definition) is 3. The first-order valence-corrected chi connectivity index (χ1v) is 4.35. The smallest absolute Gasteiger partial charge is 0.187 e. The molecule has 0 aliphatic heterocycles. The Morgan fingerprint density at radius 2 is 2.07 bits per heavy atom. The molecule has 0 aliphatic carbocycles. The van der Waals surface area contributed by atoms with Gasteiger partial charge in [0.05, 0.1) is 0 Å². The van der Waals surface area contributed by atoms with Gasteiger partial charge in [-0.15, -0.1) is 0 Å². The highest BCUT2D eigenvalue weighted by molar-refractivity contribution is 5.80. The van der Waals surface area contributed by atoms with Crippen molar-refractivity contribution in [3.05, 3.63) is 23.8 Å². The SMILES string of the molecule is CC(=O)[C@@H]([NH3+])Cc1ccc(O)c(O)c1. The molecule has 5 N–H and O–H groups in total. The largest absolute Gasteiger partial charge is 0.504 e. The second-order valence-corrected chi connectivity index (χ2v) is 3.33. The van der Waals surface area contributed by atoms with Crippen molar-refractivity contribution in [2.45, 2.75) is 19.4 Å². The molecule has 0 saturated heterocycles. The molecule has 76 valence electrons. The number of carbonyl (C=O) groups excluding carboxylic acids is 1. The molecule has 0 spiro atoms. The molecule has 4 nitrogen and oxygen atoms in total. The molecule has 1 aromatic rings. The molecule has 4 heteroatoms. The van der Waals surface area contributed by atoms with E-state index in [1.165, 1.54) is 19.1 Å². The van der Waals surface area contributed by atoms with Gasteiger partial charge in [-0.3, -0.25) is 4.79 Å². The fourth-order valence-electron chi connectivity index (χ4n) is 1.12. The molecule has 0 fully saturated rings. The van der Waals surface area contributed by atoms with Crippen molar-refractivity contribution in [3.63, 3.8) is 0 Å². The van der Waals surface area contributed by atoms with E-state index in [-0.39, 0.29) is 23.3 Å². The predicted octanol–water partition coefficient (Wildman–Crippen LogP) is -0.160. The number of rotatable bonds is 3. The van der Waals surface area contributed by atoms with Crippen LogP contribution in [0.2, 0.25) is 0 Å². The molecule has 1 aromatic carbocycles. The lowest BCUT2D eigenvalue weighted by atomic mass is 10.0. The normalized spacial score (nSPS) is 12.4. The van der Waals surface area contributed by atoms with Crippen molar-refractivity contribution in [2.24, 2.45) is 0 Å². The number of carbonyl (C=O) groups is 1. The van der Waals surface area contributed by atoms with Gasteiger partial charge in [0.1, 0.15) is 6.04 Å². The number of ketones is 1. The van der Waals surface area contributed by atoms with Gasteiger partial charge in [0.15, 0.2) is 17.3 Å². The van der Waals surface area contributed by atoms with Crippen LogP contribution in [0, 0.1) is 0 Å². The lowest BCUT2D eigenvalue weighted by molar-refractivity contribution is -0.402. The number of aromatic hydroxyl groups is 2. The van der Waals surface area contributed by atoms with E-state index in [1.54, 1.807) is 6.07 Å². The number of phenols is 2. The third kappa shape index (κ3) is 2.47.